The Morgan fingerprint density at radius 3 is 1.65 bits per heavy atom. The molecule has 0 radical (unpaired) electrons. The fraction of sp³-hybridized carbons (Fsp3) is 0.919. The molecule has 0 amide bonds. The number of rotatable bonds is 28. The fourth-order valence-corrected chi connectivity index (χ4v) is 6.76. The summed E-state index contributed by atoms with van der Waals surface area (Å²) in [7, 11) is 0. The van der Waals surface area contributed by atoms with Crippen molar-refractivity contribution in [2.45, 2.75) is 217 Å². The molecule has 252 valence electrons. The number of aliphatic hydroxyl groups is 3. The monoisotopic (exact) mass is 609 g/mol. The zero-order valence-electron chi connectivity index (χ0n) is 28.0. The summed E-state index contributed by atoms with van der Waals surface area (Å²) < 4.78 is 11.2. The van der Waals surface area contributed by atoms with Gasteiger partial charge < -0.3 is 24.8 Å². The second-order valence-corrected chi connectivity index (χ2v) is 13.7. The van der Waals surface area contributed by atoms with E-state index in [0.717, 1.165) is 63.4 Å². The highest BCUT2D eigenvalue weighted by molar-refractivity contribution is 5.90. The van der Waals surface area contributed by atoms with E-state index >= 15 is 0 Å². The van der Waals surface area contributed by atoms with Gasteiger partial charge in [-0.15, -0.1) is 0 Å². The third-order valence-corrected chi connectivity index (χ3v) is 9.54. The van der Waals surface area contributed by atoms with Crippen molar-refractivity contribution < 1.29 is 29.6 Å². The molecule has 2 aliphatic rings. The van der Waals surface area contributed by atoms with Gasteiger partial charge in [-0.2, -0.15) is 0 Å². The topological polar surface area (TPSA) is 96.2 Å². The average Bonchev–Trinajstić information content (AvgIpc) is 3.60. The predicted molar refractivity (Wildman–Crippen MR) is 176 cm³/mol. The highest BCUT2D eigenvalue weighted by Crippen LogP contribution is 2.28. The van der Waals surface area contributed by atoms with Crippen LogP contribution in [0.1, 0.15) is 181 Å². The molecule has 1 fully saturated rings. The van der Waals surface area contributed by atoms with Crippen LogP contribution in [0.15, 0.2) is 11.6 Å². The molecule has 2 aliphatic heterocycles. The van der Waals surface area contributed by atoms with Crippen LogP contribution >= 0.6 is 0 Å². The van der Waals surface area contributed by atoms with Gasteiger partial charge in [-0.1, -0.05) is 129 Å². The van der Waals surface area contributed by atoms with Crippen LogP contribution in [0.3, 0.4) is 0 Å². The maximum Gasteiger partial charge on any atom is 0.334 e. The van der Waals surface area contributed by atoms with Gasteiger partial charge in [0.25, 0.3) is 0 Å². The zero-order valence-corrected chi connectivity index (χ0v) is 28.0. The van der Waals surface area contributed by atoms with Crippen molar-refractivity contribution in [1.29, 1.82) is 0 Å². The fourth-order valence-electron chi connectivity index (χ4n) is 6.76. The number of carbonyl (C=O) groups excluding carboxylic acids is 1. The molecule has 2 rings (SSSR count). The summed E-state index contributed by atoms with van der Waals surface area (Å²) in [6.45, 7) is 4.17. The van der Waals surface area contributed by atoms with Gasteiger partial charge in [0.1, 0.15) is 6.10 Å². The van der Waals surface area contributed by atoms with Crippen molar-refractivity contribution >= 4 is 5.97 Å². The van der Waals surface area contributed by atoms with E-state index in [1.165, 1.54) is 103 Å². The van der Waals surface area contributed by atoms with E-state index in [0.29, 0.717) is 6.42 Å². The molecule has 6 nitrogen and oxygen atoms in total. The van der Waals surface area contributed by atoms with Crippen LogP contribution in [0.25, 0.3) is 0 Å². The van der Waals surface area contributed by atoms with E-state index < -0.39 is 18.3 Å². The molecule has 0 saturated carbocycles. The molecule has 43 heavy (non-hydrogen) atoms. The van der Waals surface area contributed by atoms with Gasteiger partial charge in [0.05, 0.1) is 30.5 Å². The third-order valence-electron chi connectivity index (χ3n) is 9.54. The lowest BCUT2D eigenvalue weighted by molar-refractivity contribution is -0.139. The van der Waals surface area contributed by atoms with Gasteiger partial charge in [0, 0.05) is 12.0 Å². The highest BCUT2D eigenvalue weighted by Gasteiger charge is 2.35. The van der Waals surface area contributed by atoms with Crippen molar-refractivity contribution in [3.63, 3.8) is 0 Å². The van der Waals surface area contributed by atoms with Crippen molar-refractivity contribution in [3.8, 4) is 0 Å². The van der Waals surface area contributed by atoms with Crippen LogP contribution in [0.4, 0.5) is 0 Å². The van der Waals surface area contributed by atoms with Crippen LogP contribution in [-0.4, -0.2) is 57.9 Å². The average molecular weight is 609 g/mol. The number of cyclic esters (lactones) is 1. The largest absolute Gasteiger partial charge is 0.455 e. The van der Waals surface area contributed by atoms with Crippen molar-refractivity contribution in [2.75, 3.05) is 0 Å². The van der Waals surface area contributed by atoms with Gasteiger partial charge in [-0.25, -0.2) is 4.79 Å². The Morgan fingerprint density at radius 2 is 1.14 bits per heavy atom. The Balaban J connectivity index is 1.37. The maximum atomic E-state index is 11.6. The molecule has 0 bridgehead atoms. The molecule has 0 spiro atoms. The molecule has 0 unspecified atom stereocenters. The summed E-state index contributed by atoms with van der Waals surface area (Å²) >= 11 is 0. The Bertz CT molecular complexity index is 724. The summed E-state index contributed by atoms with van der Waals surface area (Å²) in [5.74, 6) is -0.127. The van der Waals surface area contributed by atoms with Gasteiger partial charge >= 0.3 is 5.97 Å². The van der Waals surface area contributed by atoms with Crippen molar-refractivity contribution in [1.82, 2.24) is 0 Å². The minimum absolute atomic E-state index is 0.0542. The molecule has 6 atom stereocenters. The molecule has 2 heterocycles. The van der Waals surface area contributed by atoms with E-state index in [1.807, 2.05) is 13.0 Å². The van der Waals surface area contributed by atoms with Crippen molar-refractivity contribution in [3.05, 3.63) is 11.6 Å². The Labute approximate surface area is 264 Å². The summed E-state index contributed by atoms with van der Waals surface area (Å²) in [6.07, 6.45) is 28.9. The second-order valence-electron chi connectivity index (χ2n) is 13.7. The number of ether oxygens (including phenoxy) is 2. The van der Waals surface area contributed by atoms with Gasteiger partial charge in [0.2, 0.25) is 0 Å². The van der Waals surface area contributed by atoms with E-state index in [-0.39, 0.29) is 24.3 Å². The lowest BCUT2D eigenvalue weighted by Crippen LogP contribution is -2.33. The van der Waals surface area contributed by atoms with Gasteiger partial charge in [-0.05, 0) is 51.5 Å². The van der Waals surface area contributed by atoms with E-state index in [2.05, 4.69) is 6.92 Å². The molecule has 1 saturated heterocycles. The molecule has 0 aromatic rings. The number of hydrogen-bond donors (Lipinski definition) is 3. The standard InChI is InChI=1S/C37H68O6/c1-3-4-5-6-7-8-13-16-19-22-25-33(39)35-26-27-36(43-35)34(40)29-32(38)24-21-18-15-12-10-9-11-14-17-20-23-31-28-30(2)42-37(31)41/h28,30,32-36,38-40H,3-27,29H2,1-2H3/t30-,32-,33+,34+,35+,36+/m0/s1. The quantitative estimate of drug-likeness (QED) is 0.0606. The first-order valence-corrected chi connectivity index (χ1v) is 18.5. The summed E-state index contributed by atoms with van der Waals surface area (Å²) in [4.78, 5) is 11.6. The van der Waals surface area contributed by atoms with Crippen LogP contribution in [0.2, 0.25) is 0 Å². The lowest BCUT2D eigenvalue weighted by Gasteiger charge is -2.23. The lowest BCUT2D eigenvalue weighted by atomic mass is 9.98. The number of carbonyl (C=O) groups is 1. The summed E-state index contributed by atoms with van der Waals surface area (Å²) in [5, 5.41) is 31.7. The van der Waals surface area contributed by atoms with Crippen LogP contribution in [0.5, 0.6) is 0 Å². The van der Waals surface area contributed by atoms with E-state index in [9.17, 15) is 20.1 Å². The normalized spacial score (nSPS) is 22.5. The molecule has 0 aromatic heterocycles. The summed E-state index contributed by atoms with van der Waals surface area (Å²) in [5.41, 5.74) is 0.859. The molecule has 6 heteroatoms. The Kier molecular flexibility index (Phi) is 21.6. The number of aliphatic hydroxyl groups excluding tert-OH is 3. The number of esters is 1. The van der Waals surface area contributed by atoms with Crippen LogP contribution in [-0.2, 0) is 14.3 Å². The minimum Gasteiger partial charge on any atom is -0.455 e. The molecule has 0 aromatic carbocycles. The van der Waals surface area contributed by atoms with Gasteiger partial charge in [0.15, 0.2) is 0 Å². The first kappa shape index (κ1) is 38.2. The zero-order chi connectivity index (χ0) is 31.1. The van der Waals surface area contributed by atoms with Crippen molar-refractivity contribution in [2.24, 2.45) is 0 Å². The molecular formula is C37H68O6. The third kappa shape index (κ3) is 18.0. The Hall–Kier alpha value is -0.950. The number of unbranched alkanes of at least 4 members (excludes halogenated alkanes) is 18. The smallest absolute Gasteiger partial charge is 0.334 e. The van der Waals surface area contributed by atoms with E-state index in [1.54, 1.807) is 0 Å². The second kappa shape index (κ2) is 24.3. The minimum atomic E-state index is -0.656. The highest BCUT2D eigenvalue weighted by atomic mass is 16.5. The van der Waals surface area contributed by atoms with E-state index in [4.69, 9.17) is 9.47 Å². The SMILES string of the molecule is CCCCCCCCCCCC[C@@H](O)[C@H]1CC[C@H]([C@H](O)C[C@@H](O)CCCCCCCCCCCCC2=C[C@H](C)OC2=O)O1. The maximum absolute atomic E-state index is 11.6. The van der Waals surface area contributed by atoms with Crippen LogP contribution in [0, 0.1) is 0 Å². The molecule has 3 N–H and O–H groups in total. The molecule has 0 aliphatic carbocycles. The predicted octanol–water partition coefficient (Wildman–Crippen LogP) is 8.87. The summed E-state index contributed by atoms with van der Waals surface area (Å²) in [6, 6.07) is 0. The first-order chi connectivity index (χ1) is 20.9. The number of hydrogen-bond acceptors (Lipinski definition) is 6. The first-order valence-electron chi connectivity index (χ1n) is 18.5. The van der Waals surface area contributed by atoms with Crippen LogP contribution < -0.4 is 0 Å². The van der Waals surface area contributed by atoms with Gasteiger partial charge in [-0.3, -0.25) is 0 Å². The Morgan fingerprint density at radius 1 is 0.674 bits per heavy atom. The molecular weight excluding hydrogens is 540 g/mol.